The summed E-state index contributed by atoms with van der Waals surface area (Å²) in [6.07, 6.45) is 0. The number of aryl methyl sites for hydroxylation is 1. The van der Waals surface area contributed by atoms with Crippen LogP contribution in [0.5, 0.6) is 0 Å². The topological polar surface area (TPSA) is 79.3 Å². The summed E-state index contributed by atoms with van der Waals surface area (Å²) in [4.78, 5) is 0. The van der Waals surface area contributed by atoms with Crippen LogP contribution in [-0.2, 0) is 12.6 Å². The second-order valence-electron chi connectivity index (χ2n) is 6.15. The Bertz CT molecular complexity index is 886. The van der Waals surface area contributed by atoms with Gasteiger partial charge in [0.05, 0.1) is 5.52 Å². The lowest BCUT2D eigenvalue weighted by atomic mass is 9.93. The zero-order valence-corrected chi connectivity index (χ0v) is 14.2. The zero-order valence-electron chi connectivity index (χ0n) is 13.4. The van der Waals surface area contributed by atoms with E-state index in [9.17, 15) is 0 Å². The third-order valence-corrected chi connectivity index (χ3v) is 3.95. The van der Waals surface area contributed by atoms with Crippen LogP contribution in [0.2, 0.25) is 0 Å². The molecular formula is C17H21ClN4O. The summed E-state index contributed by atoms with van der Waals surface area (Å²) in [6, 6.07) is 14.3. The van der Waals surface area contributed by atoms with Gasteiger partial charge in [0, 0.05) is 18.0 Å². The van der Waals surface area contributed by atoms with Crippen LogP contribution in [0.4, 0.5) is 0 Å². The quantitative estimate of drug-likeness (QED) is 0.498. The third kappa shape index (κ3) is 3.11. The number of H-pyrrole nitrogens is 1. The number of aromatic nitrogens is 2. The van der Waals surface area contributed by atoms with Crippen molar-refractivity contribution in [1.82, 2.24) is 9.78 Å². The standard InChI is InChI=1S/C17H20N4O.ClH/c1-17(2,18)13-7-4-11(5-8-13)12-6-9-15-14(10-12)16(20-22)19-21(15)3;/h4-10,22H,18H2,1-3H3,(H,19,20);1H. The number of nitrogens with zero attached hydrogens (tertiary/aromatic N) is 2. The van der Waals surface area contributed by atoms with Gasteiger partial charge in [0.2, 0.25) is 0 Å². The first-order valence-corrected chi connectivity index (χ1v) is 7.17. The molecule has 0 unspecified atom stereocenters. The van der Waals surface area contributed by atoms with Crippen molar-refractivity contribution >= 4 is 23.3 Å². The third-order valence-electron chi connectivity index (χ3n) is 3.95. The van der Waals surface area contributed by atoms with Crippen LogP contribution < -0.4 is 11.2 Å². The van der Waals surface area contributed by atoms with Gasteiger partial charge in [-0.1, -0.05) is 35.5 Å². The SMILES string of the molecule is Cl.Cn1[nH]c(=NO)c2cc(-c3ccc(C(C)(C)N)cc3)ccc21. The largest absolute Gasteiger partial charge is 0.409 e. The van der Waals surface area contributed by atoms with Crippen molar-refractivity contribution in [3.63, 3.8) is 0 Å². The number of nitrogens with one attached hydrogen (secondary N) is 1. The number of benzene rings is 2. The molecule has 0 saturated carbocycles. The highest BCUT2D eigenvalue weighted by molar-refractivity contribution is 5.85. The molecule has 0 atom stereocenters. The van der Waals surface area contributed by atoms with Crippen molar-refractivity contribution in [2.75, 3.05) is 0 Å². The van der Waals surface area contributed by atoms with Gasteiger partial charge in [-0.25, -0.2) is 0 Å². The summed E-state index contributed by atoms with van der Waals surface area (Å²) in [6.45, 7) is 3.98. The monoisotopic (exact) mass is 332 g/mol. The van der Waals surface area contributed by atoms with E-state index in [-0.39, 0.29) is 17.9 Å². The first-order valence-electron chi connectivity index (χ1n) is 7.17. The molecule has 0 aliphatic rings. The Kier molecular flexibility index (Phi) is 4.54. The number of rotatable bonds is 2. The molecule has 0 saturated heterocycles. The number of hydrogen-bond acceptors (Lipinski definition) is 3. The van der Waals surface area contributed by atoms with Crippen molar-refractivity contribution in [2.24, 2.45) is 17.9 Å². The average Bonchev–Trinajstić information content (AvgIpc) is 2.82. The molecule has 0 spiro atoms. The predicted octanol–water partition coefficient (Wildman–Crippen LogP) is 3.08. The van der Waals surface area contributed by atoms with Crippen LogP contribution in [0, 0.1) is 0 Å². The first kappa shape index (κ1) is 17.1. The Hall–Kier alpha value is -2.24. The lowest BCUT2D eigenvalue weighted by Crippen LogP contribution is -2.28. The number of hydrogen-bond donors (Lipinski definition) is 3. The molecule has 0 bridgehead atoms. The van der Waals surface area contributed by atoms with E-state index in [2.05, 4.69) is 28.5 Å². The summed E-state index contributed by atoms with van der Waals surface area (Å²) in [7, 11) is 1.88. The molecule has 4 N–H and O–H groups in total. The van der Waals surface area contributed by atoms with Crippen molar-refractivity contribution in [3.05, 3.63) is 53.5 Å². The van der Waals surface area contributed by atoms with Gasteiger partial charge in [-0.2, -0.15) is 0 Å². The van der Waals surface area contributed by atoms with E-state index in [1.165, 1.54) is 0 Å². The highest BCUT2D eigenvalue weighted by Gasteiger charge is 2.13. The van der Waals surface area contributed by atoms with Crippen LogP contribution in [0.25, 0.3) is 22.0 Å². The number of fused-ring (bicyclic) bond motifs is 1. The second kappa shape index (κ2) is 6.10. The van der Waals surface area contributed by atoms with Crippen molar-refractivity contribution in [1.29, 1.82) is 0 Å². The van der Waals surface area contributed by atoms with E-state index in [0.29, 0.717) is 5.49 Å². The van der Waals surface area contributed by atoms with Crippen LogP contribution in [0.15, 0.2) is 47.6 Å². The van der Waals surface area contributed by atoms with Gasteiger partial charge in [0.15, 0.2) is 5.49 Å². The normalized spacial score (nSPS) is 12.4. The van der Waals surface area contributed by atoms with Crippen molar-refractivity contribution < 1.29 is 5.21 Å². The van der Waals surface area contributed by atoms with Gasteiger partial charge in [-0.15, -0.1) is 12.4 Å². The molecule has 3 rings (SSSR count). The fraction of sp³-hybridized carbons (Fsp3) is 0.235. The first-order chi connectivity index (χ1) is 10.4. The molecule has 3 aromatic rings. The summed E-state index contributed by atoms with van der Waals surface area (Å²) in [5, 5.41) is 16.3. The van der Waals surface area contributed by atoms with E-state index in [0.717, 1.165) is 27.6 Å². The Balaban J connectivity index is 0.00000192. The maximum absolute atomic E-state index is 9.10. The minimum absolute atomic E-state index is 0. The molecule has 0 aliphatic carbocycles. The molecule has 0 radical (unpaired) electrons. The predicted molar refractivity (Wildman–Crippen MR) is 94.5 cm³/mol. The molecule has 0 aliphatic heterocycles. The average molecular weight is 333 g/mol. The zero-order chi connectivity index (χ0) is 15.9. The Morgan fingerprint density at radius 1 is 1.09 bits per heavy atom. The maximum atomic E-state index is 9.10. The van der Waals surface area contributed by atoms with Crippen molar-refractivity contribution in [3.8, 4) is 11.1 Å². The summed E-state index contributed by atoms with van der Waals surface area (Å²) < 4.78 is 1.83. The molecule has 6 heteroatoms. The summed E-state index contributed by atoms with van der Waals surface area (Å²) >= 11 is 0. The smallest absolute Gasteiger partial charge is 0.193 e. The van der Waals surface area contributed by atoms with Crippen LogP contribution in [-0.4, -0.2) is 15.0 Å². The minimum Gasteiger partial charge on any atom is -0.409 e. The fourth-order valence-electron chi connectivity index (χ4n) is 2.65. The fourth-order valence-corrected chi connectivity index (χ4v) is 2.65. The lowest BCUT2D eigenvalue weighted by molar-refractivity contribution is 0.298. The van der Waals surface area contributed by atoms with Gasteiger partial charge in [0.25, 0.3) is 0 Å². The lowest BCUT2D eigenvalue weighted by Gasteiger charge is -2.19. The highest BCUT2D eigenvalue weighted by Crippen LogP contribution is 2.25. The maximum Gasteiger partial charge on any atom is 0.193 e. The molecule has 0 amide bonds. The van der Waals surface area contributed by atoms with Gasteiger partial charge in [-0.05, 0) is 42.7 Å². The molecule has 0 fully saturated rings. The second-order valence-corrected chi connectivity index (χ2v) is 6.15. The van der Waals surface area contributed by atoms with E-state index < -0.39 is 0 Å². The van der Waals surface area contributed by atoms with Crippen LogP contribution in [0.3, 0.4) is 0 Å². The summed E-state index contributed by atoms with van der Waals surface area (Å²) in [5.41, 5.74) is 10.5. The number of aromatic amines is 1. The Morgan fingerprint density at radius 2 is 1.70 bits per heavy atom. The van der Waals surface area contributed by atoms with Crippen molar-refractivity contribution in [2.45, 2.75) is 19.4 Å². The van der Waals surface area contributed by atoms with E-state index in [1.807, 2.05) is 49.8 Å². The van der Waals surface area contributed by atoms with Gasteiger partial charge in [0.1, 0.15) is 0 Å². The molecular weight excluding hydrogens is 312 g/mol. The Labute approximate surface area is 140 Å². The molecule has 5 nitrogen and oxygen atoms in total. The van der Waals surface area contributed by atoms with Gasteiger partial charge >= 0.3 is 0 Å². The molecule has 1 aromatic heterocycles. The number of halogens is 1. The molecule has 122 valence electrons. The summed E-state index contributed by atoms with van der Waals surface area (Å²) in [5.74, 6) is 0. The van der Waals surface area contributed by atoms with Gasteiger partial charge in [-0.3, -0.25) is 9.78 Å². The molecule has 1 heterocycles. The highest BCUT2D eigenvalue weighted by atomic mass is 35.5. The molecule has 23 heavy (non-hydrogen) atoms. The minimum atomic E-state index is -0.347. The van der Waals surface area contributed by atoms with E-state index in [1.54, 1.807) is 0 Å². The molecule has 2 aromatic carbocycles. The van der Waals surface area contributed by atoms with Crippen LogP contribution in [0.1, 0.15) is 19.4 Å². The Morgan fingerprint density at radius 3 is 2.26 bits per heavy atom. The van der Waals surface area contributed by atoms with Gasteiger partial charge < -0.3 is 10.9 Å². The number of nitrogens with two attached hydrogens (primary N) is 1. The van der Waals surface area contributed by atoms with Crippen LogP contribution >= 0.6 is 12.4 Å². The van der Waals surface area contributed by atoms with E-state index >= 15 is 0 Å². The van der Waals surface area contributed by atoms with E-state index in [4.69, 9.17) is 10.9 Å².